The molecule has 0 aromatic carbocycles. The summed E-state index contributed by atoms with van der Waals surface area (Å²) in [4.78, 5) is 73.9. The molecule has 1 aliphatic rings. The molecule has 9 N–H and O–H groups in total. The first-order valence-electron chi connectivity index (χ1n) is 12.7. The number of unbranched alkanes of at least 4 members (excludes halogenated alkanes) is 1. The van der Waals surface area contributed by atoms with Crippen molar-refractivity contribution in [2.24, 2.45) is 17.4 Å². The molecule has 1 rings (SSSR count). The van der Waals surface area contributed by atoms with E-state index >= 15 is 0 Å². The number of aliphatic hydroxyl groups is 1. The molecule has 1 aliphatic carbocycles. The van der Waals surface area contributed by atoms with E-state index in [0.29, 0.717) is 25.7 Å². The fraction of sp³-hybridized carbons (Fsp3) is 0.600. The van der Waals surface area contributed by atoms with Crippen LogP contribution in [-0.2, 0) is 28.8 Å². The number of primary amides is 2. The molecule has 0 saturated heterocycles. The molecule has 0 aromatic rings. The third-order valence-electron chi connectivity index (χ3n) is 6.07. The first-order chi connectivity index (χ1) is 18.0. The van der Waals surface area contributed by atoms with Gasteiger partial charge in [-0.2, -0.15) is 0 Å². The summed E-state index contributed by atoms with van der Waals surface area (Å²) in [6.07, 6.45) is 8.17. The van der Waals surface area contributed by atoms with E-state index in [2.05, 4.69) is 21.3 Å². The van der Waals surface area contributed by atoms with Crippen LogP contribution in [0, 0.1) is 5.92 Å². The lowest BCUT2D eigenvalue weighted by Gasteiger charge is -2.32. The number of carbonyl (C=O) groups is 6. The van der Waals surface area contributed by atoms with Crippen molar-refractivity contribution in [2.75, 3.05) is 7.05 Å². The Labute approximate surface area is 222 Å². The molecule has 3 atom stereocenters. The standard InChI is InChI=1S/C25H40N6O7/c1-3-4-5-6-7-8-21(35)29-17(13-19(26)33)23(36)30-18(14-20(27)34)24(37)31-22(25(38)28-2)15-9-11-16(32)12-10-15/h5-8,15-18,22,32H,3-4,9-14H2,1-2H3,(H2,26,33)(H2,27,34)(H,28,38)(H,29,35)(H,30,36)(H,31,37)/b6-5+,8-7+/t15?,16?,17-,18+,22-/m0/s1. The van der Waals surface area contributed by atoms with Crippen molar-refractivity contribution in [2.45, 2.75) is 82.5 Å². The van der Waals surface area contributed by atoms with Gasteiger partial charge in [0.15, 0.2) is 0 Å². The SMILES string of the molecule is CCC/C=C/C=C/C(=O)N[C@@H](CC(N)=O)C(=O)N[C@H](CC(N)=O)C(=O)N[C@H](C(=O)NC)C1CCC(O)CC1. The first-order valence-corrected chi connectivity index (χ1v) is 12.7. The highest BCUT2D eigenvalue weighted by Crippen LogP contribution is 2.27. The molecule has 0 unspecified atom stereocenters. The number of rotatable bonds is 15. The largest absolute Gasteiger partial charge is 0.393 e. The summed E-state index contributed by atoms with van der Waals surface area (Å²) in [6.45, 7) is 2.00. The van der Waals surface area contributed by atoms with Gasteiger partial charge in [0.2, 0.25) is 35.4 Å². The van der Waals surface area contributed by atoms with Gasteiger partial charge in [0.05, 0.1) is 18.9 Å². The van der Waals surface area contributed by atoms with Gasteiger partial charge in [-0.05, 0) is 38.0 Å². The Kier molecular flexibility index (Phi) is 14.4. The van der Waals surface area contributed by atoms with E-state index in [-0.39, 0.29) is 5.92 Å². The second-order valence-corrected chi connectivity index (χ2v) is 9.21. The number of allylic oxidation sites excluding steroid dienone is 3. The van der Waals surface area contributed by atoms with Crippen LogP contribution in [0.5, 0.6) is 0 Å². The Bertz CT molecular complexity index is 912. The lowest BCUT2D eigenvalue weighted by molar-refractivity contribution is -0.136. The number of likely N-dealkylation sites (N-methyl/N-ethyl adjacent to an activating group) is 1. The highest BCUT2D eigenvalue weighted by molar-refractivity contribution is 5.98. The maximum absolute atomic E-state index is 13.1. The van der Waals surface area contributed by atoms with Crippen LogP contribution in [0.3, 0.4) is 0 Å². The van der Waals surface area contributed by atoms with Crippen LogP contribution in [0.4, 0.5) is 0 Å². The first kappa shape index (κ1) is 32.3. The van der Waals surface area contributed by atoms with Crippen LogP contribution < -0.4 is 32.7 Å². The topological polar surface area (TPSA) is 223 Å². The number of hydrogen-bond acceptors (Lipinski definition) is 7. The molecule has 38 heavy (non-hydrogen) atoms. The fourth-order valence-corrected chi connectivity index (χ4v) is 4.04. The van der Waals surface area contributed by atoms with Crippen molar-refractivity contribution >= 4 is 35.4 Å². The van der Waals surface area contributed by atoms with E-state index in [1.165, 1.54) is 13.1 Å². The molecular weight excluding hydrogens is 496 g/mol. The molecule has 1 fully saturated rings. The summed E-state index contributed by atoms with van der Waals surface area (Å²) in [6, 6.07) is -3.89. The highest BCUT2D eigenvalue weighted by atomic mass is 16.3. The van der Waals surface area contributed by atoms with Crippen molar-refractivity contribution in [1.29, 1.82) is 0 Å². The number of hydrogen-bond donors (Lipinski definition) is 7. The summed E-state index contributed by atoms with van der Waals surface area (Å²) in [5, 5.41) is 19.5. The van der Waals surface area contributed by atoms with Gasteiger partial charge in [0, 0.05) is 13.1 Å². The smallest absolute Gasteiger partial charge is 0.244 e. The van der Waals surface area contributed by atoms with Crippen LogP contribution in [-0.4, -0.2) is 71.8 Å². The molecule has 212 valence electrons. The molecule has 0 spiro atoms. The summed E-state index contributed by atoms with van der Waals surface area (Å²) in [5.41, 5.74) is 10.5. The zero-order valence-electron chi connectivity index (χ0n) is 21.9. The zero-order valence-corrected chi connectivity index (χ0v) is 21.9. The minimum Gasteiger partial charge on any atom is -0.393 e. The van der Waals surface area contributed by atoms with Crippen molar-refractivity contribution in [3.05, 3.63) is 24.3 Å². The number of nitrogens with one attached hydrogen (secondary N) is 4. The third-order valence-corrected chi connectivity index (χ3v) is 6.07. The van der Waals surface area contributed by atoms with Crippen molar-refractivity contribution in [3.8, 4) is 0 Å². The van der Waals surface area contributed by atoms with E-state index in [4.69, 9.17) is 11.5 Å². The third kappa shape index (κ3) is 12.0. The van der Waals surface area contributed by atoms with Gasteiger partial charge in [-0.3, -0.25) is 28.8 Å². The van der Waals surface area contributed by atoms with Gasteiger partial charge in [-0.15, -0.1) is 0 Å². The second-order valence-electron chi connectivity index (χ2n) is 9.21. The summed E-state index contributed by atoms with van der Waals surface area (Å²) in [5.74, 6) is -4.99. The van der Waals surface area contributed by atoms with Crippen LogP contribution >= 0.6 is 0 Å². The minimum atomic E-state index is -1.49. The van der Waals surface area contributed by atoms with Gasteiger partial charge in [-0.25, -0.2) is 0 Å². The predicted octanol–water partition coefficient (Wildman–Crippen LogP) is -1.60. The highest BCUT2D eigenvalue weighted by Gasteiger charge is 2.35. The summed E-state index contributed by atoms with van der Waals surface area (Å²) in [7, 11) is 1.41. The Balaban J connectivity index is 3.00. The fourth-order valence-electron chi connectivity index (χ4n) is 4.04. The van der Waals surface area contributed by atoms with Crippen LogP contribution in [0.25, 0.3) is 0 Å². The van der Waals surface area contributed by atoms with E-state index in [1.807, 2.05) is 13.0 Å². The monoisotopic (exact) mass is 536 g/mol. The average molecular weight is 537 g/mol. The molecule has 0 radical (unpaired) electrons. The molecular formula is C25H40N6O7. The second kappa shape index (κ2) is 16.9. The van der Waals surface area contributed by atoms with Crippen molar-refractivity contribution in [3.63, 3.8) is 0 Å². The van der Waals surface area contributed by atoms with E-state index in [0.717, 1.165) is 18.9 Å². The quantitative estimate of drug-likeness (QED) is 0.0958. The number of carbonyl (C=O) groups excluding carboxylic acids is 6. The summed E-state index contributed by atoms with van der Waals surface area (Å²) < 4.78 is 0. The summed E-state index contributed by atoms with van der Waals surface area (Å²) >= 11 is 0. The molecule has 0 bridgehead atoms. The lowest BCUT2D eigenvalue weighted by Crippen LogP contribution is -2.59. The molecule has 13 heteroatoms. The van der Waals surface area contributed by atoms with Crippen LogP contribution in [0.15, 0.2) is 24.3 Å². The van der Waals surface area contributed by atoms with E-state index < -0.39 is 72.5 Å². The van der Waals surface area contributed by atoms with E-state index in [1.54, 1.807) is 6.08 Å². The maximum atomic E-state index is 13.1. The number of amides is 6. The van der Waals surface area contributed by atoms with Gasteiger partial charge in [0.1, 0.15) is 18.1 Å². The van der Waals surface area contributed by atoms with Gasteiger partial charge >= 0.3 is 0 Å². The lowest BCUT2D eigenvalue weighted by atomic mass is 9.82. The Morgan fingerprint density at radius 2 is 1.39 bits per heavy atom. The molecule has 6 amide bonds. The Morgan fingerprint density at radius 3 is 1.92 bits per heavy atom. The number of aliphatic hydroxyl groups excluding tert-OH is 1. The van der Waals surface area contributed by atoms with Crippen molar-refractivity contribution < 1.29 is 33.9 Å². The van der Waals surface area contributed by atoms with E-state index in [9.17, 15) is 33.9 Å². The minimum absolute atomic E-state index is 0.271. The normalized spacial score (nSPS) is 19.8. The van der Waals surface area contributed by atoms with Gasteiger partial charge in [-0.1, -0.05) is 31.6 Å². The maximum Gasteiger partial charge on any atom is 0.244 e. The Hall–Kier alpha value is -3.74. The van der Waals surface area contributed by atoms with Gasteiger partial charge < -0.3 is 37.8 Å². The molecule has 0 aliphatic heterocycles. The average Bonchev–Trinajstić information content (AvgIpc) is 2.85. The predicted molar refractivity (Wildman–Crippen MR) is 139 cm³/mol. The number of nitrogens with two attached hydrogens (primary N) is 2. The van der Waals surface area contributed by atoms with Crippen LogP contribution in [0.1, 0.15) is 58.3 Å². The molecule has 1 saturated carbocycles. The molecule has 0 aromatic heterocycles. The Morgan fingerprint density at radius 1 is 0.842 bits per heavy atom. The molecule has 13 nitrogen and oxygen atoms in total. The molecule has 0 heterocycles. The van der Waals surface area contributed by atoms with Crippen LogP contribution in [0.2, 0.25) is 0 Å². The zero-order chi connectivity index (χ0) is 28.7. The van der Waals surface area contributed by atoms with Gasteiger partial charge in [0.25, 0.3) is 0 Å². The van der Waals surface area contributed by atoms with Crippen molar-refractivity contribution in [1.82, 2.24) is 21.3 Å².